The highest BCUT2D eigenvalue weighted by Gasteiger charge is 2.70. The van der Waals surface area contributed by atoms with Crippen molar-refractivity contribution in [3.05, 3.63) is 0 Å². The van der Waals surface area contributed by atoms with E-state index in [1.807, 2.05) is 20.8 Å². The molecule has 2 unspecified atom stereocenters. The van der Waals surface area contributed by atoms with E-state index in [4.69, 9.17) is 5.11 Å². The summed E-state index contributed by atoms with van der Waals surface area (Å²) in [6.07, 6.45) is 1.62. The van der Waals surface area contributed by atoms with Crippen LogP contribution in [0.25, 0.3) is 0 Å². The Kier molecular flexibility index (Phi) is 2.29. The molecule has 0 amide bonds. The topological polar surface area (TPSA) is 74.6 Å². The fourth-order valence-electron chi connectivity index (χ4n) is 3.87. The lowest BCUT2D eigenvalue weighted by Crippen LogP contribution is -2.50. The average molecular weight is 240 g/mol. The van der Waals surface area contributed by atoms with Crippen molar-refractivity contribution >= 4 is 11.8 Å². The van der Waals surface area contributed by atoms with Crippen LogP contribution in [0.2, 0.25) is 0 Å². The standard InChI is InChI=1S/C13H20O4/c1-11(2)7-5-6-12(11,3)9(14)8(7)13(4,17)10(15)16/h7-8,17H,5-6H2,1-4H3,(H,15,16)/t7-,8?,12+,13?/m1/s1. The van der Waals surface area contributed by atoms with Crippen LogP contribution in [-0.2, 0) is 9.59 Å². The molecule has 0 spiro atoms. The van der Waals surface area contributed by atoms with Crippen LogP contribution in [0.3, 0.4) is 0 Å². The molecule has 17 heavy (non-hydrogen) atoms. The van der Waals surface area contributed by atoms with E-state index in [0.29, 0.717) is 0 Å². The molecule has 4 heteroatoms. The molecule has 4 nitrogen and oxygen atoms in total. The lowest BCUT2D eigenvalue weighted by Gasteiger charge is -2.32. The van der Waals surface area contributed by atoms with E-state index in [1.165, 1.54) is 6.92 Å². The Hall–Kier alpha value is -0.900. The number of hydrogen-bond donors (Lipinski definition) is 2. The number of carbonyl (C=O) groups excluding carboxylic acids is 1. The summed E-state index contributed by atoms with van der Waals surface area (Å²) >= 11 is 0. The normalized spacial score (nSPS) is 42.5. The summed E-state index contributed by atoms with van der Waals surface area (Å²) in [4.78, 5) is 23.6. The van der Waals surface area contributed by atoms with Gasteiger partial charge in [0.1, 0.15) is 5.78 Å². The van der Waals surface area contributed by atoms with Crippen LogP contribution in [0.4, 0.5) is 0 Å². The lowest BCUT2D eigenvalue weighted by atomic mass is 9.70. The second-order valence-corrected chi connectivity index (χ2v) is 6.49. The zero-order valence-electron chi connectivity index (χ0n) is 10.8. The van der Waals surface area contributed by atoms with Gasteiger partial charge in [-0.1, -0.05) is 20.8 Å². The van der Waals surface area contributed by atoms with E-state index in [9.17, 15) is 14.7 Å². The number of aliphatic carboxylic acids is 1. The number of ketones is 1. The first-order valence-electron chi connectivity index (χ1n) is 6.07. The minimum Gasteiger partial charge on any atom is -0.479 e. The van der Waals surface area contributed by atoms with Crippen molar-refractivity contribution in [2.45, 2.75) is 46.1 Å². The molecule has 2 N–H and O–H groups in total. The molecule has 2 rings (SSSR count). The highest BCUT2D eigenvalue weighted by atomic mass is 16.4. The number of Topliss-reactive ketones (excluding diaryl/α,β-unsaturated/α-hetero) is 1. The molecule has 2 fully saturated rings. The number of carboxylic acids is 1. The smallest absolute Gasteiger partial charge is 0.336 e. The number of hydrogen-bond acceptors (Lipinski definition) is 3. The quantitative estimate of drug-likeness (QED) is 0.766. The van der Waals surface area contributed by atoms with Crippen molar-refractivity contribution < 1.29 is 19.8 Å². The first-order valence-corrected chi connectivity index (χ1v) is 6.07. The largest absolute Gasteiger partial charge is 0.479 e. The van der Waals surface area contributed by atoms with Crippen molar-refractivity contribution in [3.8, 4) is 0 Å². The van der Waals surface area contributed by atoms with Gasteiger partial charge in [-0.3, -0.25) is 4.79 Å². The molecule has 2 saturated carbocycles. The SMILES string of the molecule is CC(O)(C(=O)O)C1C(=O)[C@]2(C)CC[C@H]1C2(C)C. The van der Waals surface area contributed by atoms with Gasteiger partial charge in [0.2, 0.25) is 0 Å². The monoisotopic (exact) mass is 240 g/mol. The molecule has 0 saturated heterocycles. The zero-order valence-corrected chi connectivity index (χ0v) is 10.8. The predicted molar refractivity (Wildman–Crippen MR) is 61.4 cm³/mol. The minimum absolute atomic E-state index is 0.0360. The van der Waals surface area contributed by atoms with Crippen molar-refractivity contribution in [1.29, 1.82) is 0 Å². The van der Waals surface area contributed by atoms with Crippen molar-refractivity contribution in [1.82, 2.24) is 0 Å². The molecule has 96 valence electrons. The van der Waals surface area contributed by atoms with Gasteiger partial charge in [0, 0.05) is 5.41 Å². The molecule has 0 radical (unpaired) electrons. The maximum atomic E-state index is 12.4. The Balaban J connectivity index is 2.49. The van der Waals surface area contributed by atoms with Gasteiger partial charge >= 0.3 is 5.97 Å². The van der Waals surface area contributed by atoms with Gasteiger partial charge in [-0.2, -0.15) is 0 Å². The van der Waals surface area contributed by atoms with Gasteiger partial charge in [-0.25, -0.2) is 4.79 Å². The predicted octanol–water partition coefficient (Wildman–Crippen LogP) is 1.46. The summed E-state index contributed by atoms with van der Waals surface area (Å²) in [5, 5.41) is 19.2. The fourth-order valence-corrected chi connectivity index (χ4v) is 3.87. The third-order valence-electron chi connectivity index (χ3n) is 5.57. The number of aliphatic hydroxyl groups is 1. The Morgan fingerprint density at radius 1 is 1.41 bits per heavy atom. The van der Waals surface area contributed by atoms with Crippen molar-refractivity contribution in [2.24, 2.45) is 22.7 Å². The summed E-state index contributed by atoms with van der Waals surface area (Å²) < 4.78 is 0. The first kappa shape index (κ1) is 12.6. The third-order valence-corrected chi connectivity index (χ3v) is 5.57. The molecule has 2 aliphatic rings. The van der Waals surface area contributed by atoms with Crippen LogP contribution in [0.5, 0.6) is 0 Å². The number of carbonyl (C=O) groups is 2. The summed E-state index contributed by atoms with van der Waals surface area (Å²) in [5.74, 6) is -2.19. The molecule has 0 aromatic rings. The third kappa shape index (κ3) is 1.22. The van der Waals surface area contributed by atoms with E-state index in [-0.39, 0.29) is 17.1 Å². The van der Waals surface area contributed by atoms with Crippen LogP contribution >= 0.6 is 0 Å². The van der Waals surface area contributed by atoms with E-state index in [0.717, 1.165) is 12.8 Å². The van der Waals surface area contributed by atoms with Crippen LogP contribution in [-0.4, -0.2) is 27.6 Å². The Labute approximate surface area is 101 Å². The van der Waals surface area contributed by atoms with Crippen LogP contribution < -0.4 is 0 Å². The van der Waals surface area contributed by atoms with Crippen LogP contribution in [0.15, 0.2) is 0 Å². The maximum Gasteiger partial charge on any atom is 0.336 e. The molecule has 0 heterocycles. The number of fused-ring (bicyclic) bond motifs is 2. The molecule has 2 bridgehead atoms. The molecule has 4 atom stereocenters. The van der Waals surface area contributed by atoms with Gasteiger partial charge in [-0.05, 0) is 31.1 Å². The van der Waals surface area contributed by atoms with Gasteiger partial charge in [0.25, 0.3) is 0 Å². The van der Waals surface area contributed by atoms with Crippen molar-refractivity contribution in [2.75, 3.05) is 0 Å². The Bertz CT molecular complexity index is 396. The first-order chi connectivity index (χ1) is 7.57. The van der Waals surface area contributed by atoms with Crippen molar-refractivity contribution in [3.63, 3.8) is 0 Å². The highest BCUT2D eigenvalue weighted by Crippen LogP contribution is 2.67. The summed E-state index contributed by atoms with van der Waals surface area (Å²) in [7, 11) is 0. The molecule has 0 aliphatic heterocycles. The Morgan fingerprint density at radius 3 is 2.29 bits per heavy atom. The average Bonchev–Trinajstić information content (AvgIpc) is 2.49. The van der Waals surface area contributed by atoms with Crippen LogP contribution in [0, 0.1) is 22.7 Å². The van der Waals surface area contributed by atoms with Gasteiger partial charge < -0.3 is 10.2 Å². The highest BCUT2D eigenvalue weighted by molar-refractivity contribution is 5.97. The van der Waals surface area contributed by atoms with Gasteiger partial charge in [-0.15, -0.1) is 0 Å². The fraction of sp³-hybridized carbons (Fsp3) is 0.846. The second kappa shape index (κ2) is 3.10. The van der Waals surface area contributed by atoms with E-state index in [2.05, 4.69) is 0 Å². The number of carboxylic acid groups (broad SMARTS) is 1. The molecular formula is C13H20O4. The number of rotatable bonds is 2. The van der Waals surface area contributed by atoms with E-state index in [1.54, 1.807) is 0 Å². The molecule has 0 aromatic heterocycles. The maximum absolute atomic E-state index is 12.4. The summed E-state index contributed by atoms with van der Waals surface area (Å²) in [6.45, 7) is 7.19. The lowest BCUT2D eigenvalue weighted by molar-refractivity contribution is -0.169. The molecule has 0 aromatic carbocycles. The van der Waals surface area contributed by atoms with E-state index >= 15 is 0 Å². The second-order valence-electron chi connectivity index (χ2n) is 6.49. The summed E-state index contributed by atoms with van der Waals surface area (Å²) in [5.41, 5.74) is -2.66. The molecule has 2 aliphatic carbocycles. The summed E-state index contributed by atoms with van der Waals surface area (Å²) in [6, 6.07) is 0. The van der Waals surface area contributed by atoms with Gasteiger partial charge in [0.15, 0.2) is 5.60 Å². The molecular weight excluding hydrogens is 220 g/mol. The zero-order chi connectivity index (χ0) is 13.2. The minimum atomic E-state index is -1.95. The van der Waals surface area contributed by atoms with Gasteiger partial charge in [0.05, 0.1) is 5.92 Å². The van der Waals surface area contributed by atoms with E-state index < -0.39 is 22.9 Å². The van der Waals surface area contributed by atoms with Crippen LogP contribution in [0.1, 0.15) is 40.5 Å². The Morgan fingerprint density at radius 2 is 1.94 bits per heavy atom.